The summed E-state index contributed by atoms with van der Waals surface area (Å²) in [6.45, 7) is 7.15. The lowest BCUT2D eigenvalue weighted by Crippen LogP contribution is -2.49. The summed E-state index contributed by atoms with van der Waals surface area (Å²) in [7, 11) is 0. The predicted molar refractivity (Wildman–Crippen MR) is 45.9 cm³/mol. The van der Waals surface area contributed by atoms with E-state index in [2.05, 4.69) is 21.9 Å². The Morgan fingerprint density at radius 3 is 3.25 bits per heavy atom. The van der Waals surface area contributed by atoms with Crippen LogP contribution in [0.15, 0.2) is 0 Å². The number of carbonyl (C=O) groups excluding carboxylic acids is 1. The average molecular weight is 172 g/mol. The molecule has 0 radical (unpaired) electrons. The number of carbonyl (C=O) groups is 1. The Balaban J connectivity index is 2.09. The highest BCUT2D eigenvalue weighted by Gasteiger charge is 2.14. The van der Waals surface area contributed by atoms with Gasteiger partial charge < -0.3 is 10.1 Å². The normalized spacial score (nSPS) is 25.2. The van der Waals surface area contributed by atoms with Crippen LogP contribution in [0.4, 0.5) is 0 Å². The second-order valence-electron chi connectivity index (χ2n) is 3.12. The third-order valence-electron chi connectivity index (χ3n) is 2.05. The van der Waals surface area contributed by atoms with Crippen molar-refractivity contribution in [2.24, 2.45) is 0 Å². The lowest BCUT2D eigenvalue weighted by atomic mass is 10.2. The van der Waals surface area contributed by atoms with E-state index in [0.29, 0.717) is 19.1 Å². The number of nitrogens with zero attached hydrogens (tertiary/aromatic N) is 1. The first-order valence-electron chi connectivity index (χ1n) is 4.34. The lowest BCUT2D eigenvalue weighted by Gasteiger charge is -2.31. The second-order valence-corrected chi connectivity index (χ2v) is 3.12. The summed E-state index contributed by atoms with van der Waals surface area (Å²) >= 11 is 0. The SMILES string of the molecule is C[C@@H]1CN(CCOC=O)CCN1. The van der Waals surface area contributed by atoms with Crippen molar-refractivity contribution in [2.75, 3.05) is 32.8 Å². The third-order valence-corrected chi connectivity index (χ3v) is 2.05. The summed E-state index contributed by atoms with van der Waals surface area (Å²) in [5.74, 6) is 0. The molecule has 0 saturated carbocycles. The molecule has 0 aromatic rings. The molecule has 1 heterocycles. The summed E-state index contributed by atoms with van der Waals surface area (Å²) in [5, 5.41) is 3.35. The molecule has 1 N–H and O–H groups in total. The molecular formula is C8H16N2O2. The molecule has 1 atom stereocenters. The smallest absolute Gasteiger partial charge is 0.293 e. The standard InChI is InChI=1S/C8H16N2O2/c1-8-6-10(3-2-9-8)4-5-12-7-11/h7-9H,2-6H2,1H3/t8-/m1/s1. The Bertz CT molecular complexity index is 141. The van der Waals surface area contributed by atoms with Gasteiger partial charge in [-0.05, 0) is 6.92 Å². The van der Waals surface area contributed by atoms with E-state index in [1.165, 1.54) is 0 Å². The molecule has 1 rings (SSSR count). The van der Waals surface area contributed by atoms with Crippen LogP contribution in [0, 0.1) is 0 Å². The van der Waals surface area contributed by atoms with Crippen LogP contribution in [0.1, 0.15) is 6.92 Å². The zero-order chi connectivity index (χ0) is 8.81. The van der Waals surface area contributed by atoms with Gasteiger partial charge in [-0.1, -0.05) is 0 Å². The molecule has 1 fully saturated rings. The van der Waals surface area contributed by atoms with E-state index < -0.39 is 0 Å². The topological polar surface area (TPSA) is 41.6 Å². The Labute approximate surface area is 72.9 Å². The van der Waals surface area contributed by atoms with E-state index in [1.54, 1.807) is 0 Å². The number of ether oxygens (including phenoxy) is 1. The van der Waals surface area contributed by atoms with E-state index in [-0.39, 0.29) is 0 Å². The fourth-order valence-corrected chi connectivity index (χ4v) is 1.45. The van der Waals surface area contributed by atoms with Gasteiger partial charge in [-0.3, -0.25) is 9.69 Å². The first kappa shape index (κ1) is 9.48. The van der Waals surface area contributed by atoms with Crippen LogP contribution in [0.3, 0.4) is 0 Å². The van der Waals surface area contributed by atoms with Gasteiger partial charge in [0, 0.05) is 32.2 Å². The van der Waals surface area contributed by atoms with Gasteiger partial charge in [-0.15, -0.1) is 0 Å². The van der Waals surface area contributed by atoms with Gasteiger partial charge >= 0.3 is 0 Å². The molecule has 0 bridgehead atoms. The summed E-state index contributed by atoms with van der Waals surface area (Å²) in [5.41, 5.74) is 0. The average Bonchev–Trinajstić information content (AvgIpc) is 2.05. The van der Waals surface area contributed by atoms with Crippen LogP contribution in [0.5, 0.6) is 0 Å². The fourth-order valence-electron chi connectivity index (χ4n) is 1.45. The predicted octanol–water partition coefficient (Wildman–Crippen LogP) is -0.547. The van der Waals surface area contributed by atoms with Crippen LogP contribution < -0.4 is 5.32 Å². The number of rotatable bonds is 4. The maximum absolute atomic E-state index is 9.86. The summed E-state index contributed by atoms with van der Waals surface area (Å²) in [6, 6.07) is 0.551. The Morgan fingerprint density at radius 1 is 1.75 bits per heavy atom. The minimum Gasteiger partial charge on any atom is -0.467 e. The van der Waals surface area contributed by atoms with Crippen LogP contribution in [0.25, 0.3) is 0 Å². The molecule has 0 spiro atoms. The quantitative estimate of drug-likeness (QED) is 0.456. The van der Waals surface area contributed by atoms with Crippen molar-refractivity contribution in [2.45, 2.75) is 13.0 Å². The van der Waals surface area contributed by atoms with Crippen molar-refractivity contribution in [3.8, 4) is 0 Å². The van der Waals surface area contributed by atoms with Crippen LogP contribution in [-0.2, 0) is 9.53 Å². The molecule has 0 aromatic heterocycles. The van der Waals surface area contributed by atoms with E-state index in [9.17, 15) is 4.79 Å². The zero-order valence-corrected chi connectivity index (χ0v) is 7.45. The Morgan fingerprint density at radius 2 is 2.58 bits per heavy atom. The van der Waals surface area contributed by atoms with Crippen molar-refractivity contribution < 1.29 is 9.53 Å². The monoisotopic (exact) mass is 172 g/mol. The molecule has 0 aliphatic carbocycles. The first-order valence-corrected chi connectivity index (χ1v) is 4.34. The van der Waals surface area contributed by atoms with Gasteiger partial charge in [-0.25, -0.2) is 0 Å². The summed E-state index contributed by atoms with van der Waals surface area (Å²) in [6.07, 6.45) is 0. The molecule has 0 aromatic carbocycles. The van der Waals surface area contributed by atoms with Crippen LogP contribution in [-0.4, -0.2) is 50.2 Å². The largest absolute Gasteiger partial charge is 0.467 e. The molecule has 4 nitrogen and oxygen atoms in total. The molecule has 0 unspecified atom stereocenters. The molecule has 1 aliphatic heterocycles. The van der Waals surface area contributed by atoms with Crippen LogP contribution >= 0.6 is 0 Å². The van der Waals surface area contributed by atoms with Crippen molar-refractivity contribution in [1.29, 1.82) is 0 Å². The van der Waals surface area contributed by atoms with Crippen molar-refractivity contribution >= 4 is 6.47 Å². The molecule has 1 aliphatic rings. The minimum atomic E-state index is 0.506. The summed E-state index contributed by atoms with van der Waals surface area (Å²) < 4.78 is 4.63. The number of hydrogen-bond acceptors (Lipinski definition) is 4. The molecule has 0 amide bonds. The second kappa shape index (κ2) is 5.11. The van der Waals surface area contributed by atoms with E-state index >= 15 is 0 Å². The van der Waals surface area contributed by atoms with E-state index in [4.69, 9.17) is 0 Å². The van der Waals surface area contributed by atoms with Crippen molar-refractivity contribution in [3.05, 3.63) is 0 Å². The maximum atomic E-state index is 9.86. The molecule has 1 saturated heterocycles. The molecule has 12 heavy (non-hydrogen) atoms. The van der Waals surface area contributed by atoms with Crippen molar-refractivity contribution in [3.63, 3.8) is 0 Å². The molecular weight excluding hydrogens is 156 g/mol. The number of piperazine rings is 1. The zero-order valence-electron chi connectivity index (χ0n) is 7.45. The van der Waals surface area contributed by atoms with Gasteiger partial charge in [0.2, 0.25) is 0 Å². The van der Waals surface area contributed by atoms with Crippen LogP contribution in [0.2, 0.25) is 0 Å². The van der Waals surface area contributed by atoms with Crippen molar-refractivity contribution in [1.82, 2.24) is 10.2 Å². The summed E-state index contributed by atoms with van der Waals surface area (Å²) in [4.78, 5) is 12.2. The number of nitrogens with one attached hydrogen (secondary N) is 1. The number of hydrogen-bond donors (Lipinski definition) is 1. The van der Waals surface area contributed by atoms with E-state index in [1.807, 2.05) is 0 Å². The Kier molecular flexibility index (Phi) is 4.04. The Hall–Kier alpha value is -0.610. The molecule has 70 valence electrons. The third kappa shape index (κ3) is 3.19. The van der Waals surface area contributed by atoms with Gasteiger partial charge in [0.25, 0.3) is 6.47 Å². The highest BCUT2D eigenvalue weighted by molar-refractivity contribution is 5.36. The fraction of sp³-hybridized carbons (Fsp3) is 0.875. The van der Waals surface area contributed by atoms with Gasteiger partial charge in [0.15, 0.2) is 0 Å². The van der Waals surface area contributed by atoms with Gasteiger partial charge in [0.05, 0.1) is 0 Å². The minimum absolute atomic E-state index is 0.506. The van der Waals surface area contributed by atoms with E-state index in [0.717, 1.165) is 26.2 Å². The molecule has 4 heteroatoms. The highest BCUT2D eigenvalue weighted by atomic mass is 16.5. The first-order chi connectivity index (χ1) is 5.83. The lowest BCUT2D eigenvalue weighted by molar-refractivity contribution is -0.129. The van der Waals surface area contributed by atoms with Gasteiger partial charge in [-0.2, -0.15) is 0 Å². The van der Waals surface area contributed by atoms with Gasteiger partial charge in [0.1, 0.15) is 6.61 Å². The maximum Gasteiger partial charge on any atom is 0.293 e. The highest BCUT2D eigenvalue weighted by Crippen LogP contribution is 1.97.